The Hall–Kier alpha value is -2.67. The fourth-order valence-corrected chi connectivity index (χ4v) is 3.75. The molecule has 2 aromatic rings. The second-order valence-electron chi connectivity index (χ2n) is 7.25. The molecule has 2 heterocycles. The summed E-state index contributed by atoms with van der Waals surface area (Å²) in [5.74, 6) is 0.146. The van der Waals surface area contributed by atoms with Gasteiger partial charge in [0.1, 0.15) is 5.75 Å². The molecule has 0 bridgehead atoms. The summed E-state index contributed by atoms with van der Waals surface area (Å²) in [4.78, 5) is 27.0. The van der Waals surface area contributed by atoms with Gasteiger partial charge in [0, 0.05) is 29.3 Å². The number of amides is 1. The zero-order chi connectivity index (χ0) is 20.5. The Morgan fingerprint density at radius 3 is 2.55 bits per heavy atom. The first-order valence-corrected chi connectivity index (χ1v) is 9.78. The van der Waals surface area contributed by atoms with Gasteiger partial charge in [-0.2, -0.15) is 8.78 Å². The number of carbonyl (C=O) groups is 1. The molecule has 1 saturated heterocycles. The summed E-state index contributed by atoms with van der Waals surface area (Å²) in [6.45, 7) is -2.98. The van der Waals surface area contributed by atoms with Gasteiger partial charge in [-0.1, -0.05) is 29.8 Å². The number of ether oxygens (including phenoxy) is 1. The Balaban J connectivity index is 1.74. The molecule has 1 aliphatic heterocycles. The lowest BCUT2D eigenvalue weighted by molar-refractivity contribution is -0.119. The predicted octanol–water partition coefficient (Wildman–Crippen LogP) is 4.22. The number of rotatable bonds is 6. The molecule has 1 saturated carbocycles. The topological polar surface area (TPSA) is 71.2 Å². The van der Waals surface area contributed by atoms with Crippen LogP contribution in [0.4, 0.5) is 8.78 Å². The standard InChI is InChI=1S/C21H19ClF2N2O3/c22-16-9-12(3-7-18(16)29-21(23)24)15(10-13-4-8-19(27)25-13)17-6-5-14(11-1-2-11)20(28)26-17/h3,5-7,9-11,13,21H,1-2,4,8H2,(H,25,27)(H,26,28)/t13-/m1/s1. The fourth-order valence-electron chi connectivity index (χ4n) is 3.52. The van der Waals surface area contributed by atoms with Crippen molar-refractivity contribution in [1.82, 2.24) is 10.3 Å². The monoisotopic (exact) mass is 420 g/mol. The minimum atomic E-state index is -2.98. The van der Waals surface area contributed by atoms with Crippen molar-refractivity contribution in [2.45, 2.75) is 44.3 Å². The SMILES string of the molecule is O=C1CC[C@H](C=C(c2ccc(OC(F)F)c(Cl)c2)c2ccc(C3CC3)c(=O)[nH]2)N1. The molecular weight excluding hydrogens is 402 g/mol. The second kappa shape index (κ2) is 7.99. The minimum Gasteiger partial charge on any atom is -0.433 e. The Bertz CT molecular complexity index is 1030. The second-order valence-corrected chi connectivity index (χ2v) is 7.65. The van der Waals surface area contributed by atoms with Crippen LogP contribution < -0.4 is 15.6 Å². The number of carbonyl (C=O) groups excluding carboxylic acids is 1. The highest BCUT2D eigenvalue weighted by Gasteiger charge is 2.27. The fraction of sp³-hybridized carbons (Fsp3) is 0.333. The number of H-pyrrole nitrogens is 1. The normalized spacial score (nSPS) is 19.5. The predicted molar refractivity (Wildman–Crippen MR) is 105 cm³/mol. The number of alkyl halides is 2. The third kappa shape index (κ3) is 4.50. The van der Waals surface area contributed by atoms with E-state index in [1.54, 1.807) is 6.07 Å². The van der Waals surface area contributed by atoms with E-state index in [0.717, 1.165) is 18.4 Å². The van der Waals surface area contributed by atoms with Crippen molar-refractivity contribution in [3.63, 3.8) is 0 Å². The molecule has 4 rings (SSSR count). The number of halogens is 3. The maximum atomic E-state index is 12.5. The molecule has 1 amide bonds. The molecule has 1 atom stereocenters. The largest absolute Gasteiger partial charge is 0.433 e. The van der Waals surface area contributed by atoms with E-state index >= 15 is 0 Å². The highest BCUT2D eigenvalue weighted by Crippen LogP contribution is 2.38. The molecule has 2 aliphatic rings. The number of hydrogen-bond donors (Lipinski definition) is 2. The van der Waals surface area contributed by atoms with Gasteiger partial charge in [0.25, 0.3) is 5.56 Å². The molecular formula is C21H19ClF2N2O3. The molecule has 0 unspecified atom stereocenters. The van der Waals surface area contributed by atoms with Crippen LogP contribution >= 0.6 is 11.6 Å². The van der Waals surface area contributed by atoms with Gasteiger partial charge in [0.15, 0.2) is 0 Å². The third-order valence-corrected chi connectivity index (χ3v) is 5.40. The summed E-state index contributed by atoms with van der Waals surface area (Å²) in [5, 5.41) is 2.89. The lowest BCUT2D eigenvalue weighted by atomic mass is 9.98. The molecule has 2 fully saturated rings. The van der Waals surface area contributed by atoms with Crippen LogP contribution in [-0.2, 0) is 4.79 Å². The maximum absolute atomic E-state index is 12.5. The van der Waals surface area contributed by atoms with E-state index in [9.17, 15) is 18.4 Å². The van der Waals surface area contributed by atoms with Crippen molar-refractivity contribution in [2.24, 2.45) is 0 Å². The number of nitrogens with one attached hydrogen (secondary N) is 2. The van der Waals surface area contributed by atoms with Crippen molar-refractivity contribution in [3.05, 3.63) is 68.6 Å². The summed E-state index contributed by atoms with van der Waals surface area (Å²) < 4.78 is 29.4. The zero-order valence-corrected chi connectivity index (χ0v) is 16.1. The lowest BCUT2D eigenvalue weighted by Crippen LogP contribution is -2.23. The van der Waals surface area contributed by atoms with Crippen LogP contribution in [0.25, 0.3) is 5.57 Å². The van der Waals surface area contributed by atoms with E-state index in [0.29, 0.717) is 35.6 Å². The van der Waals surface area contributed by atoms with Crippen molar-refractivity contribution < 1.29 is 18.3 Å². The lowest BCUT2D eigenvalue weighted by Gasteiger charge is -2.14. The zero-order valence-electron chi connectivity index (χ0n) is 15.4. The first-order chi connectivity index (χ1) is 13.9. The van der Waals surface area contributed by atoms with E-state index in [-0.39, 0.29) is 28.3 Å². The van der Waals surface area contributed by atoms with E-state index in [2.05, 4.69) is 15.0 Å². The molecule has 2 N–H and O–H groups in total. The Morgan fingerprint density at radius 2 is 1.97 bits per heavy atom. The van der Waals surface area contributed by atoms with Crippen LogP contribution in [0.1, 0.15) is 48.4 Å². The van der Waals surface area contributed by atoms with Crippen LogP contribution in [0.3, 0.4) is 0 Å². The summed E-state index contributed by atoms with van der Waals surface area (Å²) in [6.07, 6.45) is 4.94. The molecule has 8 heteroatoms. The average molecular weight is 421 g/mol. The first-order valence-electron chi connectivity index (χ1n) is 9.40. The summed E-state index contributed by atoms with van der Waals surface area (Å²) in [6, 6.07) is 7.92. The van der Waals surface area contributed by atoms with Crippen LogP contribution in [0.2, 0.25) is 5.02 Å². The van der Waals surface area contributed by atoms with Gasteiger partial charge in [-0.15, -0.1) is 0 Å². The number of benzene rings is 1. The van der Waals surface area contributed by atoms with Gasteiger partial charge in [-0.05, 0) is 48.9 Å². The van der Waals surface area contributed by atoms with Crippen LogP contribution in [-0.4, -0.2) is 23.5 Å². The molecule has 0 spiro atoms. The van der Waals surface area contributed by atoms with Crippen molar-refractivity contribution in [1.29, 1.82) is 0 Å². The third-order valence-electron chi connectivity index (χ3n) is 5.10. The van der Waals surface area contributed by atoms with Crippen LogP contribution in [0.15, 0.2) is 41.2 Å². The Morgan fingerprint density at radius 1 is 1.17 bits per heavy atom. The van der Waals surface area contributed by atoms with Crippen LogP contribution in [0.5, 0.6) is 5.75 Å². The van der Waals surface area contributed by atoms with E-state index in [1.807, 2.05) is 18.2 Å². The summed E-state index contributed by atoms with van der Waals surface area (Å²) in [5.41, 5.74) is 2.46. The molecule has 5 nitrogen and oxygen atoms in total. The smallest absolute Gasteiger partial charge is 0.387 e. The number of aromatic nitrogens is 1. The highest BCUT2D eigenvalue weighted by atomic mass is 35.5. The molecule has 1 aromatic carbocycles. The van der Waals surface area contributed by atoms with Gasteiger partial charge in [-0.25, -0.2) is 0 Å². The van der Waals surface area contributed by atoms with E-state index in [4.69, 9.17) is 11.6 Å². The van der Waals surface area contributed by atoms with Crippen molar-refractivity contribution in [2.75, 3.05) is 0 Å². The van der Waals surface area contributed by atoms with Crippen molar-refractivity contribution >= 4 is 23.1 Å². The first kappa shape index (κ1) is 19.6. The van der Waals surface area contributed by atoms with E-state index in [1.165, 1.54) is 12.1 Å². The quantitative estimate of drug-likeness (QED) is 0.735. The van der Waals surface area contributed by atoms with Gasteiger partial charge in [0.05, 0.1) is 5.02 Å². The number of aromatic amines is 1. The van der Waals surface area contributed by atoms with E-state index < -0.39 is 6.61 Å². The highest BCUT2D eigenvalue weighted by molar-refractivity contribution is 6.32. The van der Waals surface area contributed by atoms with Gasteiger partial charge in [-0.3, -0.25) is 9.59 Å². The molecule has 0 radical (unpaired) electrons. The number of pyridine rings is 1. The Labute approximate surface area is 170 Å². The van der Waals surface area contributed by atoms with Crippen LogP contribution in [0, 0.1) is 0 Å². The van der Waals surface area contributed by atoms with Crippen molar-refractivity contribution in [3.8, 4) is 5.75 Å². The maximum Gasteiger partial charge on any atom is 0.387 e. The minimum absolute atomic E-state index is 0.0288. The average Bonchev–Trinajstić information content (AvgIpc) is 3.42. The van der Waals surface area contributed by atoms with Gasteiger partial charge < -0.3 is 15.0 Å². The number of hydrogen-bond acceptors (Lipinski definition) is 3. The summed E-state index contributed by atoms with van der Waals surface area (Å²) >= 11 is 6.12. The Kier molecular flexibility index (Phi) is 5.41. The summed E-state index contributed by atoms with van der Waals surface area (Å²) in [7, 11) is 0. The molecule has 29 heavy (non-hydrogen) atoms. The van der Waals surface area contributed by atoms with Gasteiger partial charge in [0.2, 0.25) is 5.91 Å². The van der Waals surface area contributed by atoms with Gasteiger partial charge >= 0.3 is 6.61 Å². The molecule has 152 valence electrons. The molecule has 1 aliphatic carbocycles. The molecule has 1 aromatic heterocycles.